The maximum Gasteiger partial charge on any atom is 0.338 e. The van der Waals surface area contributed by atoms with Crippen LogP contribution in [0, 0.1) is 0 Å². The van der Waals surface area contributed by atoms with Crippen LogP contribution < -0.4 is 0 Å². The Balaban J connectivity index is 0.00000123. The van der Waals surface area contributed by atoms with Gasteiger partial charge < -0.3 is 9.47 Å². The molecule has 4 heteroatoms. The smallest absolute Gasteiger partial charge is 0.338 e. The second-order valence-electron chi connectivity index (χ2n) is 4.00. The highest BCUT2D eigenvalue weighted by atomic mass is 16.6. The average molecular weight is 326 g/mol. The number of carbonyl (C=O) groups excluding carboxylic acids is 2. The van der Waals surface area contributed by atoms with Crippen molar-refractivity contribution in [2.45, 2.75) is 0 Å². The van der Waals surface area contributed by atoms with E-state index in [9.17, 15) is 9.59 Å². The van der Waals surface area contributed by atoms with E-state index in [0.717, 1.165) is 0 Å². The predicted molar refractivity (Wildman–Crippen MR) is 96.0 cm³/mol. The zero-order valence-corrected chi connectivity index (χ0v) is 13.6. The van der Waals surface area contributed by atoms with Crippen molar-refractivity contribution in [2.75, 3.05) is 13.2 Å². The molecule has 0 aliphatic carbocycles. The second kappa shape index (κ2) is 13.5. The average Bonchev–Trinajstić information content (AvgIpc) is 2.69. The lowest BCUT2D eigenvalue weighted by Crippen LogP contribution is -2.14. The third kappa shape index (κ3) is 7.75. The molecule has 0 atom stereocenters. The van der Waals surface area contributed by atoms with Gasteiger partial charge in [-0.1, -0.05) is 36.4 Å². The van der Waals surface area contributed by atoms with Crippen LogP contribution >= 0.6 is 0 Å². The summed E-state index contributed by atoms with van der Waals surface area (Å²) in [6, 6.07) is 17.3. The molecule has 126 valence electrons. The van der Waals surface area contributed by atoms with Gasteiger partial charge in [-0.2, -0.15) is 0 Å². The highest BCUT2D eigenvalue weighted by molar-refractivity contribution is 5.90. The zero-order valence-electron chi connectivity index (χ0n) is 13.6. The van der Waals surface area contributed by atoms with Gasteiger partial charge in [0.05, 0.1) is 11.1 Å². The van der Waals surface area contributed by atoms with E-state index in [4.69, 9.17) is 9.47 Å². The van der Waals surface area contributed by atoms with E-state index in [1.165, 1.54) is 0 Å². The number of benzene rings is 2. The van der Waals surface area contributed by atoms with Gasteiger partial charge in [-0.05, 0) is 24.3 Å². The minimum atomic E-state index is -0.429. The molecule has 0 bridgehead atoms. The fourth-order valence-electron chi connectivity index (χ4n) is 1.58. The molecule has 2 rings (SSSR count). The lowest BCUT2D eigenvalue weighted by atomic mass is 10.2. The number of ether oxygens (including phenoxy) is 2. The van der Waals surface area contributed by atoms with Gasteiger partial charge in [0.25, 0.3) is 0 Å². The normalized spacial score (nSPS) is 8.50. The highest BCUT2D eigenvalue weighted by Crippen LogP contribution is 2.02. The molecule has 0 unspecified atom stereocenters. The van der Waals surface area contributed by atoms with Gasteiger partial charge in [-0.25, -0.2) is 9.59 Å². The van der Waals surface area contributed by atoms with Crippen molar-refractivity contribution >= 4 is 11.9 Å². The standard InChI is InChI=1S/C16H14O4.2C2H4/c17-15(13-7-3-1-4-8-13)19-11-12-20-16(18)14-9-5-2-6-10-14;2*1-2/h1-10H,11-12H2;2*1-2H2. The molecular formula is C20H22O4. The summed E-state index contributed by atoms with van der Waals surface area (Å²) in [5.41, 5.74) is 0.948. The quantitative estimate of drug-likeness (QED) is 0.467. The number of esters is 2. The lowest BCUT2D eigenvalue weighted by Gasteiger charge is -2.06. The van der Waals surface area contributed by atoms with E-state index in [1.807, 2.05) is 12.1 Å². The van der Waals surface area contributed by atoms with Crippen LogP contribution in [0.5, 0.6) is 0 Å². The number of carbonyl (C=O) groups is 2. The first kappa shape index (κ1) is 20.9. The van der Waals surface area contributed by atoms with E-state index < -0.39 is 11.9 Å². The molecule has 0 saturated carbocycles. The SMILES string of the molecule is C=C.C=C.O=C(OCCOC(=O)c1ccccc1)c1ccccc1. The summed E-state index contributed by atoms with van der Waals surface area (Å²) in [5.74, 6) is -0.859. The van der Waals surface area contributed by atoms with Crippen LogP contribution in [0.2, 0.25) is 0 Å². The molecule has 2 aromatic carbocycles. The van der Waals surface area contributed by atoms with Crippen LogP contribution in [0.25, 0.3) is 0 Å². The van der Waals surface area contributed by atoms with Gasteiger partial charge in [-0.15, -0.1) is 26.3 Å². The number of hydrogen-bond donors (Lipinski definition) is 0. The molecule has 0 amide bonds. The molecular weight excluding hydrogens is 304 g/mol. The van der Waals surface area contributed by atoms with E-state index in [-0.39, 0.29) is 13.2 Å². The molecule has 4 nitrogen and oxygen atoms in total. The van der Waals surface area contributed by atoms with Crippen molar-refractivity contribution < 1.29 is 19.1 Å². The Bertz CT molecular complexity index is 538. The second-order valence-corrected chi connectivity index (χ2v) is 4.00. The van der Waals surface area contributed by atoms with Crippen molar-refractivity contribution in [3.05, 3.63) is 98.1 Å². The third-order valence-corrected chi connectivity index (χ3v) is 2.57. The first-order valence-corrected chi connectivity index (χ1v) is 7.22. The summed E-state index contributed by atoms with van der Waals surface area (Å²) in [6.07, 6.45) is 0. The third-order valence-electron chi connectivity index (χ3n) is 2.57. The van der Waals surface area contributed by atoms with Crippen LogP contribution in [0.15, 0.2) is 87.0 Å². The minimum absolute atomic E-state index is 0.0340. The van der Waals surface area contributed by atoms with E-state index in [2.05, 4.69) is 26.3 Å². The maximum absolute atomic E-state index is 11.6. The van der Waals surface area contributed by atoms with Crippen molar-refractivity contribution in [1.82, 2.24) is 0 Å². The minimum Gasteiger partial charge on any atom is -0.458 e. The van der Waals surface area contributed by atoms with Crippen molar-refractivity contribution in [3.63, 3.8) is 0 Å². The highest BCUT2D eigenvalue weighted by Gasteiger charge is 2.08. The Kier molecular flexibility index (Phi) is 11.7. The van der Waals surface area contributed by atoms with E-state index in [0.29, 0.717) is 11.1 Å². The Morgan fingerprint density at radius 3 is 1.21 bits per heavy atom. The molecule has 0 N–H and O–H groups in total. The van der Waals surface area contributed by atoms with Gasteiger partial charge in [0.2, 0.25) is 0 Å². The van der Waals surface area contributed by atoms with Crippen molar-refractivity contribution in [2.24, 2.45) is 0 Å². The topological polar surface area (TPSA) is 52.6 Å². The Morgan fingerprint density at radius 2 is 0.917 bits per heavy atom. The molecule has 2 aromatic rings. The van der Waals surface area contributed by atoms with Crippen LogP contribution in [-0.2, 0) is 9.47 Å². The number of rotatable bonds is 5. The molecule has 0 aliphatic rings. The molecule has 0 fully saturated rings. The fraction of sp³-hybridized carbons (Fsp3) is 0.100. The fourth-order valence-corrected chi connectivity index (χ4v) is 1.58. The lowest BCUT2D eigenvalue weighted by molar-refractivity contribution is 0.0265. The molecule has 0 heterocycles. The Labute approximate surface area is 143 Å². The Hall–Kier alpha value is -3.14. The molecule has 24 heavy (non-hydrogen) atoms. The first-order chi connectivity index (χ1) is 11.8. The van der Waals surface area contributed by atoms with Gasteiger partial charge in [0.1, 0.15) is 13.2 Å². The van der Waals surface area contributed by atoms with Crippen LogP contribution in [0.4, 0.5) is 0 Å². The van der Waals surface area contributed by atoms with Gasteiger partial charge >= 0.3 is 11.9 Å². The molecule has 0 spiro atoms. The summed E-state index contributed by atoms with van der Waals surface area (Å²) in [6.45, 7) is 12.1. The predicted octanol–water partition coefficient (Wildman–Crippen LogP) is 4.30. The van der Waals surface area contributed by atoms with Gasteiger partial charge in [0, 0.05) is 0 Å². The summed E-state index contributed by atoms with van der Waals surface area (Å²) < 4.78 is 10.00. The van der Waals surface area contributed by atoms with Gasteiger partial charge in [-0.3, -0.25) is 0 Å². The first-order valence-electron chi connectivity index (χ1n) is 7.22. The summed E-state index contributed by atoms with van der Waals surface area (Å²) in [4.78, 5) is 23.2. The Morgan fingerprint density at radius 1 is 0.625 bits per heavy atom. The van der Waals surface area contributed by atoms with Crippen LogP contribution in [-0.4, -0.2) is 25.2 Å². The maximum atomic E-state index is 11.6. The largest absolute Gasteiger partial charge is 0.458 e. The van der Waals surface area contributed by atoms with Crippen LogP contribution in [0.1, 0.15) is 20.7 Å². The summed E-state index contributed by atoms with van der Waals surface area (Å²) >= 11 is 0. The number of hydrogen-bond acceptors (Lipinski definition) is 4. The molecule has 0 saturated heterocycles. The summed E-state index contributed by atoms with van der Waals surface area (Å²) in [7, 11) is 0. The van der Waals surface area contributed by atoms with Crippen molar-refractivity contribution in [1.29, 1.82) is 0 Å². The van der Waals surface area contributed by atoms with Crippen LogP contribution in [0.3, 0.4) is 0 Å². The van der Waals surface area contributed by atoms with Crippen molar-refractivity contribution in [3.8, 4) is 0 Å². The summed E-state index contributed by atoms with van der Waals surface area (Å²) in [5, 5.41) is 0. The van der Waals surface area contributed by atoms with E-state index >= 15 is 0 Å². The molecule has 0 aromatic heterocycles. The molecule has 0 radical (unpaired) electrons. The van der Waals surface area contributed by atoms with Gasteiger partial charge in [0.15, 0.2) is 0 Å². The monoisotopic (exact) mass is 326 g/mol. The molecule has 0 aliphatic heterocycles. The van der Waals surface area contributed by atoms with E-state index in [1.54, 1.807) is 48.5 Å². The zero-order chi connectivity index (χ0) is 18.2.